The van der Waals surface area contributed by atoms with Crippen LogP contribution in [0.15, 0.2) is 65.8 Å². The van der Waals surface area contributed by atoms with Crippen molar-refractivity contribution < 1.29 is 14.4 Å². The van der Waals surface area contributed by atoms with Gasteiger partial charge in [-0.25, -0.2) is 0 Å². The molecule has 0 N–H and O–H groups in total. The van der Waals surface area contributed by atoms with E-state index >= 15 is 0 Å². The molecule has 4 nitrogen and oxygen atoms in total. The zero-order valence-corrected chi connectivity index (χ0v) is 15.7. The molecule has 1 fully saturated rings. The second-order valence-electron chi connectivity index (χ2n) is 7.20. The third-order valence-corrected chi connectivity index (χ3v) is 5.13. The molecule has 0 heterocycles. The number of hydrogen-bond donors (Lipinski definition) is 0. The standard InChI is InChI=1S/C23H27NO3/c25-22(27-21-12-6-2-7-13-21)14-17-23(15-8-3-9-16-23)19-24-26-18-20-10-4-1-5-11-20/h1-2,4-7,10-13,19H,3,8-9,14-18H2/b24-19+. The Labute approximate surface area is 161 Å². The normalized spacial score (nSPS) is 16.1. The van der Waals surface area contributed by atoms with Crippen molar-refractivity contribution in [2.45, 2.75) is 51.6 Å². The van der Waals surface area contributed by atoms with Crippen LogP contribution in [0.3, 0.4) is 0 Å². The second-order valence-corrected chi connectivity index (χ2v) is 7.20. The highest BCUT2D eigenvalue weighted by atomic mass is 16.6. The largest absolute Gasteiger partial charge is 0.427 e. The fraction of sp³-hybridized carbons (Fsp3) is 0.391. The summed E-state index contributed by atoms with van der Waals surface area (Å²) >= 11 is 0. The summed E-state index contributed by atoms with van der Waals surface area (Å²) in [6.07, 6.45) is 8.74. The topological polar surface area (TPSA) is 47.9 Å². The maximum absolute atomic E-state index is 12.2. The van der Waals surface area contributed by atoms with E-state index < -0.39 is 0 Å². The van der Waals surface area contributed by atoms with Gasteiger partial charge in [-0.15, -0.1) is 0 Å². The van der Waals surface area contributed by atoms with Gasteiger partial charge in [-0.2, -0.15) is 0 Å². The van der Waals surface area contributed by atoms with Gasteiger partial charge in [0.2, 0.25) is 0 Å². The van der Waals surface area contributed by atoms with Gasteiger partial charge in [0.25, 0.3) is 0 Å². The van der Waals surface area contributed by atoms with E-state index in [1.807, 2.05) is 54.7 Å². The van der Waals surface area contributed by atoms with Gasteiger partial charge in [-0.05, 0) is 37.0 Å². The summed E-state index contributed by atoms with van der Waals surface area (Å²) in [4.78, 5) is 17.7. The summed E-state index contributed by atoms with van der Waals surface area (Å²) < 4.78 is 5.42. The Bertz CT molecular complexity index is 722. The van der Waals surface area contributed by atoms with Gasteiger partial charge >= 0.3 is 5.97 Å². The third-order valence-electron chi connectivity index (χ3n) is 5.13. The van der Waals surface area contributed by atoms with Crippen LogP contribution in [0.25, 0.3) is 0 Å². The first-order valence-corrected chi connectivity index (χ1v) is 9.72. The molecule has 0 radical (unpaired) electrons. The molecule has 0 aliphatic heterocycles. The fourth-order valence-corrected chi connectivity index (χ4v) is 3.56. The van der Waals surface area contributed by atoms with Crippen LogP contribution in [0.5, 0.6) is 5.75 Å². The molecular formula is C23H27NO3. The SMILES string of the molecule is O=C(CCC1(/C=N/OCc2ccccc2)CCCCC1)Oc1ccccc1. The number of para-hydroxylation sites is 1. The van der Waals surface area contributed by atoms with E-state index in [0.717, 1.165) is 24.8 Å². The van der Waals surface area contributed by atoms with E-state index in [1.165, 1.54) is 19.3 Å². The summed E-state index contributed by atoms with van der Waals surface area (Å²) in [5, 5.41) is 4.25. The van der Waals surface area contributed by atoms with Crippen LogP contribution in [0, 0.1) is 5.41 Å². The third kappa shape index (κ3) is 6.24. The minimum absolute atomic E-state index is 0.0648. The van der Waals surface area contributed by atoms with E-state index in [1.54, 1.807) is 12.1 Å². The minimum Gasteiger partial charge on any atom is -0.427 e. The average molecular weight is 365 g/mol. The highest BCUT2D eigenvalue weighted by molar-refractivity contribution is 5.74. The predicted molar refractivity (Wildman–Crippen MR) is 107 cm³/mol. The molecule has 2 aromatic carbocycles. The van der Waals surface area contributed by atoms with Crippen molar-refractivity contribution in [1.29, 1.82) is 0 Å². The first-order valence-electron chi connectivity index (χ1n) is 9.72. The van der Waals surface area contributed by atoms with Gasteiger partial charge in [0.15, 0.2) is 0 Å². The van der Waals surface area contributed by atoms with Gasteiger partial charge in [0.1, 0.15) is 12.4 Å². The molecular weight excluding hydrogens is 338 g/mol. The van der Waals surface area contributed by atoms with Crippen LogP contribution in [-0.4, -0.2) is 12.2 Å². The van der Waals surface area contributed by atoms with Crippen LogP contribution in [0.2, 0.25) is 0 Å². The van der Waals surface area contributed by atoms with Gasteiger partial charge in [-0.3, -0.25) is 4.79 Å². The van der Waals surface area contributed by atoms with Gasteiger partial charge in [-0.1, -0.05) is 72.9 Å². The lowest BCUT2D eigenvalue weighted by Gasteiger charge is -2.33. The number of benzene rings is 2. The Balaban J connectivity index is 1.52. The molecule has 4 heteroatoms. The van der Waals surface area contributed by atoms with E-state index in [4.69, 9.17) is 9.57 Å². The summed E-state index contributed by atoms with van der Waals surface area (Å²) in [5.41, 5.74) is 1.03. The van der Waals surface area contributed by atoms with Crippen LogP contribution in [-0.2, 0) is 16.2 Å². The Morgan fingerprint density at radius 1 is 0.963 bits per heavy atom. The van der Waals surface area contributed by atoms with Crippen molar-refractivity contribution in [2.24, 2.45) is 10.6 Å². The van der Waals surface area contributed by atoms with Gasteiger partial charge < -0.3 is 9.57 Å². The first kappa shape index (κ1) is 19.2. The van der Waals surface area contributed by atoms with E-state index in [9.17, 15) is 4.79 Å². The zero-order chi connectivity index (χ0) is 18.8. The number of carbonyl (C=O) groups excluding carboxylic acids is 1. The molecule has 2 aromatic rings. The molecule has 1 aliphatic carbocycles. The second kappa shape index (κ2) is 9.91. The average Bonchev–Trinajstić information content (AvgIpc) is 2.72. The van der Waals surface area contributed by atoms with Crippen molar-refractivity contribution in [2.75, 3.05) is 0 Å². The summed E-state index contributed by atoms with van der Waals surface area (Å²) in [6, 6.07) is 19.2. The first-order chi connectivity index (χ1) is 13.3. The highest BCUT2D eigenvalue weighted by Crippen LogP contribution is 2.39. The summed E-state index contributed by atoms with van der Waals surface area (Å²) in [6.45, 7) is 0.462. The Hall–Kier alpha value is -2.62. The Kier molecular flexibility index (Phi) is 7.03. The van der Waals surface area contributed by atoms with Crippen molar-refractivity contribution in [3.05, 3.63) is 66.2 Å². The van der Waals surface area contributed by atoms with Crippen molar-refractivity contribution >= 4 is 12.2 Å². The molecule has 0 bridgehead atoms. The number of ether oxygens (including phenoxy) is 1. The smallest absolute Gasteiger partial charge is 0.311 e. The Morgan fingerprint density at radius 3 is 2.33 bits per heavy atom. The number of esters is 1. The molecule has 0 atom stereocenters. The van der Waals surface area contributed by atoms with Gasteiger partial charge in [0, 0.05) is 18.1 Å². The number of oxime groups is 1. The lowest BCUT2D eigenvalue weighted by atomic mass is 9.72. The van der Waals surface area contributed by atoms with Crippen molar-refractivity contribution in [3.63, 3.8) is 0 Å². The molecule has 0 unspecified atom stereocenters. The van der Waals surface area contributed by atoms with Crippen molar-refractivity contribution in [1.82, 2.24) is 0 Å². The maximum Gasteiger partial charge on any atom is 0.311 e. The van der Waals surface area contributed by atoms with E-state index in [2.05, 4.69) is 5.16 Å². The molecule has 0 spiro atoms. The van der Waals surface area contributed by atoms with E-state index in [0.29, 0.717) is 18.8 Å². The molecule has 0 aromatic heterocycles. The molecule has 1 saturated carbocycles. The monoisotopic (exact) mass is 365 g/mol. The fourth-order valence-electron chi connectivity index (χ4n) is 3.56. The molecule has 27 heavy (non-hydrogen) atoms. The highest BCUT2D eigenvalue weighted by Gasteiger charge is 2.31. The molecule has 0 saturated heterocycles. The van der Waals surface area contributed by atoms with Crippen LogP contribution < -0.4 is 4.74 Å². The minimum atomic E-state index is -0.190. The zero-order valence-electron chi connectivity index (χ0n) is 15.7. The number of hydrogen-bond acceptors (Lipinski definition) is 4. The summed E-state index contributed by atoms with van der Waals surface area (Å²) in [7, 11) is 0. The molecule has 0 amide bonds. The number of nitrogens with zero attached hydrogens (tertiary/aromatic N) is 1. The number of rotatable bonds is 8. The maximum atomic E-state index is 12.2. The predicted octanol–water partition coefficient (Wildman–Crippen LogP) is 5.53. The van der Waals surface area contributed by atoms with Crippen LogP contribution >= 0.6 is 0 Å². The Morgan fingerprint density at radius 2 is 1.63 bits per heavy atom. The lowest BCUT2D eigenvalue weighted by Crippen LogP contribution is -2.27. The van der Waals surface area contributed by atoms with Crippen LogP contribution in [0.1, 0.15) is 50.5 Å². The van der Waals surface area contributed by atoms with Crippen LogP contribution in [0.4, 0.5) is 0 Å². The van der Waals surface area contributed by atoms with Gasteiger partial charge in [0.05, 0.1) is 0 Å². The van der Waals surface area contributed by atoms with Crippen molar-refractivity contribution in [3.8, 4) is 5.75 Å². The summed E-state index contributed by atoms with van der Waals surface area (Å²) in [5.74, 6) is 0.407. The van der Waals surface area contributed by atoms with E-state index in [-0.39, 0.29) is 11.4 Å². The lowest BCUT2D eigenvalue weighted by molar-refractivity contribution is -0.134. The number of carbonyl (C=O) groups is 1. The molecule has 3 rings (SSSR count). The molecule has 142 valence electrons. The molecule has 1 aliphatic rings. The quantitative estimate of drug-likeness (QED) is 0.268.